The van der Waals surface area contributed by atoms with Crippen molar-refractivity contribution in [3.8, 4) is 130 Å². The molecule has 0 saturated carbocycles. The van der Waals surface area contributed by atoms with Crippen LogP contribution in [0.25, 0.3) is 11.1 Å². The molecule has 170 valence electrons. The van der Waals surface area contributed by atoms with Crippen molar-refractivity contribution in [1.82, 2.24) is 0 Å². The van der Waals surface area contributed by atoms with E-state index in [4.69, 9.17) is 18.0 Å². The first kappa shape index (κ1) is 29.4. The molecule has 0 saturated heterocycles. The average molecular weight is 487 g/mol. The van der Waals surface area contributed by atoms with Crippen molar-refractivity contribution >= 4 is 11.6 Å². The van der Waals surface area contributed by atoms with Gasteiger partial charge in [0.2, 0.25) is 0 Å². The number of halogens is 1. The molecule has 0 spiro atoms. The SMILES string of the molecule is C#CC#CC#CC#CC#CC#CC#CC#CC#CC#CC.Cc1cc(C)c(-c2ccc(Cl)cc2)c(C)c1. The number of terminal acetylenes is 1. The molecule has 0 unspecified atom stereocenters. The summed E-state index contributed by atoms with van der Waals surface area (Å²) in [6.45, 7) is 8.14. The lowest BCUT2D eigenvalue weighted by Gasteiger charge is -2.11. The molecule has 0 aliphatic heterocycles. The fourth-order valence-electron chi connectivity index (χ4n) is 2.82. The first-order valence-electron chi connectivity index (χ1n) is 10.7. The van der Waals surface area contributed by atoms with E-state index >= 15 is 0 Å². The molecule has 0 bridgehead atoms. The summed E-state index contributed by atoms with van der Waals surface area (Å²) in [5.74, 6) is 46.9. The zero-order valence-corrected chi connectivity index (χ0v) is 21.7. The maximum absolute atomic E-state index is 5.90. The number of rotatable bonds is 1. The molecule has 0 fully saturated rings. The normalized spacial score (nSPS) is 6.70. The van der Waals surface area contributed by atoms with Crippen LogP contribution in [0.1, 0.15) is 23.6 Å². The number of aryl methyl sites for hydroxylation is 3. The minimum atomic E-state index is 0.783. The summed E-state index contributed by atoms with van der Waals surface area (Å²) in [5.41, 5.74) is 6.51. The Balaban J connectivity index is 0.000000381. The first-order valence-corrected chi connectivity index (χ1v) is 11.1. The van der Waals surface area contributed by atoms with E-state index < -0.39 is 0 Å². The zero-order chi connectivity index (χ0) is 27.1. The summed E-state index contributed by atoms with van der Waals surface area (Å²) in [7, 11) is 0. The van der Waals surface area contributed by atoms with E-state index in [-0.39, 0.29) is 0 Å². The molecule has 2 aromatic carbocycles. The summed E-state index contributed by atoms with van der Waals surface area (Å²) >= 11 is 5.90. The van der Waals surface area contributed by atoms with Crippen LogP contribution in [0, 0.1) is 140 Å². The topological polar surface area (TPSA) is 0 Å². The number of hydrogen-bond donors (Lipinski definition) is 0. The van der Waals surface area contributed by atoms with Gasteiger partial charge in [0.15, 0.2) is 0 Å². The molecule has 0 amide bonds. The Morgan fingerprint density at radius 1 is 0.541 bits per heavy atom. The Hall–Kier alpha value is -5.67. The fourth-order valence-corrected chi connectivity index (χ4v) is 2.95. The summed E-state index contributed by atoms with van der Waals surface area (Å²) < 4.78 is 0. The minimum absolute atomic E-state index is 0.783. The van der Waals surface area contributed by atoms with E-state index in [9.17, 15) is 0 Å². The predicted octanol–water partition coefficient (Wildman–Crippen LogP) is 5.60. The Morgan fingerprint density at radius 2 is 0.892 bits per heavy atom. The largest absolute Gasteiger partial charge is 0.106 e. The van der Waals surface area contributed by atoms with Crippen LogP contribution in [0.2, 0.25) is 5.02 Å². The van der Waals surface area contributed by atoms with Gasteiger partial charge in [-0.25, -0.2) is 0 Å². The van der Waals surface area contributed by atoms with E-state index in [0.29, 0.717) is 0 Å². The second-order valence-corrected chi connectivity index (χ2v) is 7.24. The molecule has 0 heterocycles. The molecule has 1 heteroatoms. The van der Waals surface area contributed by atoms with Crippen molar-refractivity contribution in [3.63, 3.8) is 0 Å². The lowest BCUT2D eigenvalue weighted by atomic mass is 9.94. The first-order chi connectivity index (χ1) is 18.0. The molecule has 2 aromatic rings. The van der Waals surface area contributed by atoms with E-state index in [1.807, 2.05) is 12.1 Å². The van der Waals surface area contributed by atoms with E-state index in [0.717, 1.165) is 5.02 Å². The van der Waals surface area contributed by atoms with Gasteiger partial charge >= 0.3 is 0 Å². The van der Waals surface area contributed by atoms with Crippen molar-refractivity contribution in [1.29, 1.82) is 0 Å². The number of hydrogen-bond acceptors (Lipinski definition) is 0. The van der Waals surface area contributed by atoms with Crippen LogP contribution >= 0.6 is 11.6 Å². The van der Waals surface area contributed by atoms with Crippen molar-refractivity contribution in [2.45, 2.75) is 27.7 Å². The van der Waals surface area contributed by atoms with Crippen LogP contribution in [-0.2, 0) is 0 Å². The zero-order valence-electron chi connectivity index (χ0n) is 20.9. The van der Waals surface area contributed by atoms with E-state index in [1.165, 1.54) is 27.8 Å². The molecule has 0 N–H and O–H groups in total. The van der Waals surface area contributed by atoms with Crippen molar-refractivity contribution < 1.29 is 0 Å². The summed E-state index contributed by atoms with van der Waals surface area (Å²) in [6.07, 6.45) is 4.90. The molecular formula is C36H19Cl. The van der Waals surface area contributed by atoms with Crippen LogP contribution < -0.4 is 0 Å². The summed E-state index contributed by atoms with van der Waals surface area (Å²) in [6, 6.07) is 12.5. The molecule has 0 atom stereocenters. The molecule has 37 heavy (non-hydrogen) atoms. The van der Waals surface area contributed by atoms with Crippen molar-refractivity contribution in [2.75, 3.05) is 0 Å². The van der Waals surface area contributed by atoms with Gasteiger partial charge in [0, 0.05) is 16.9 Å². The lowest BCUT2D eigenvalue weighted by molar-refractivity contribution is 1.32. The molecule has 0 aliphatic rings. The van der Waals surface area contributed by atoms with Crippen LogP contribution in [0.15, 0.2) is 36.4 Å². The summed E-state index contributed by atoms with van der Waals surface area (Å²) in [5, 5.41) is 0.783. The third-order valence-corrected chi connectivity index (χ3v) is 4.26. The summed E-state index contributed by atoms with van der Waals surface area (Å²) in [4.78, 5) is 0. The Labute approximate surface area is 227 Å². The van der Waals surface area contributed by atoms with Gasteiger partial charge in [0.25, 0.3) is 0 Å². The average Bonchev–Trinajstić information content (AvgIpc) is 2.87. The molecule has 0 aliphatic carbocycles. The Bertz CT molecular complexity index is 1730. The van der Waals surface area contributed by atoms with Gasteiger partial charge in [-0.2, -0.15) is 0 Å². The van der Waals surface area contributed by atoms with E-state index in [1.54, 1.807) is 6.92 Å². The Morgan fingerprint density at radius 3 is 1.24 bits per heavy atom. The monoisotopic (exact) mass is 486 g/mol. The predicted molar refractivity (Wildman–Crippen MR) is 156 cm³/mol. The molecule has 2 rings (SSSR count). The smallest absolute Gasteiger partial charge is 0.0406 e. The molecule has 0 nitrogen and oxygen atoms in total. The third-order valence-electron chi connectivity index (χ3n) is 4.01. The number of benzene rings is 2. The lowest BCUT2D eigenvalue weighted by Crippen LogP contribution is -1.89. The quantitative estimate of drug-likeness (QED) is 0.460. The maximum Gasteiger partial charge on any atom is 0.0406 e. The van der Waals surface area contributed by atoms with Crippen LogP contribution in [0.4, 0.5) is 0 Å². The fraction of sp³-hybridized carbons (Fsp3) is 0.111. The highest BCUT2D eigenvalue weighted by molar-refractivity contribution is 6.30. The maximum atomic E-state index is 5.90. The minimum Gasteiger partial charge on any atom is -0.106 e. The van der Waals surface area contributed by atoms with Crippen LogP contribution in [0.5, 0.6) is 0 Å². The van der Waals surface area contributed by atoms with Gasteiger partial charge in [0.1, 0.15) is 0 Å². The van der Waals surface area contributed by atoms with Crippen molar-refractivity contribution in [2.24, 2.45) is 0 Å². The van der Waals surface area contributed by atoms with Gasteiger partial charge in [-0.05, 0) is 157 Å². The standard InChI is InChI=1S/C21H4.C15H15Cl/c1-3-5-7-9-11-13-15-17-19-21-20-18-16-14-12-10-8-6-4-2;1-10-8-11(2)15(12(3)9-10)13-4-6-14(16)7-5-13/h1H,2H3;4-9H,1-3H3. The Kier molecular flexibility index (Phi) is 14.9. The van der Waals surface area contributed by atoms with E-state index in [2.05, 4.69) is 158 Å². The highest BCUT2D eigenvalue weighted by Gasteiger charge is 2.06. The van der Waals surface area contributed by atoms with Gasteiger partial charge in [-0.3, -0.25) is 0 Å². The second-order valence-electron chi connectivity index (χ2n) is 6.80. The second kappa shape index (κ2) is 18.7. The van der Waals surface area contributed by atoms with Crippen molar-refractivity contribution in [3.05, 3.63) is 58.1 Å². The molecule has 0 radical (unpaired) electrons. The molecular weight excluding hydrogens is 468 g/mol. The third kappa shape index (κ3) is 13.6. The van der Waals surface area contributed by atoms with Crippen LogP contribution in [-0.4, -0.2) is 0 Å². The van der Waals surface area contributed by atoms with Gasteiger partial charge < -0.3 is 0 Å². The van der Waals surface area contributed by atoms with Crippen LogP contribution in [0.3, 0.4) is 0 Å². The highest BCUT2D eigenvalue weighted by atomic mass is 35.5. The van der Waals surface area contributed by atoms with Gasteiger partial charge in [-0.1, -0.05) is 47.4 Å². The van der Waals surface area contributed by atoms with Gasteiger partial charge in [-0.15, -0.1) is 6.42 Å². The molecule has 0 aromatic heterocycles. The van der Waals surface area contributed by atoms with Gasteiger partial charge in [0.05, 0.1) is 0 Å². The highest BCUT2D eigenvalue weighted by Crippen LogP contribution is 2.29.